The molecule has 134 valence electrons. The van der Waals surface area contributed by atoms with Crippen molar-refractivity contribution in [1.82, 2.24) is 0 Å². The molecule has 5 heteroatoms. The van der Waals surface area contributed by atoms with Crippen LogP contribution in [0.3, 0.4) is 0 Å². The molecule has 0 atom stereocenters. The molecule has 0 aliphatic rings. The van der Waals surface area contributed by atoms with Gasteiger partial charge in [-0.1, -0.05) is 43.7 Å². The number of benzene rings is 2. The smallest absolute Gasteiger partial charge is 0.340 e. The Kier molecular flexibility index (Phi) is 7.14. The SMILES string of the molecule is CCCCNc1cc(OCc2ccccc2)c(OC)cc1C(=O)OC. The molecule has 0 unspecified atom stereocenters. The van der Waals surface area contributed by atoms with Gasteiger partial charge in [0.05, 0.1) is 25.5 Å². The van der Waals surface area contributed by atoms with Crippen LogP contribution >= 0.6 is 0 Å². The Morgan fingerprint density at radius 2 is 1.84 bits per heavy atom. The summed E-state index contributed by atoms with van der Waals surface area (Å²) >= 11 is 0. The third-order valence-corrected chi connectivity index (χ3v) is 3.79. The van der Waals surface area contributed by atoms with Crippen molar-refractivity contribution < 1.29 is 19.0 Å². The zero-order chi connectivity index (χ0) is 18.1. The molecule has 0 aliphatic carbocycles. The van der Waals surface area contributed by atoms with E-state index >= 15 is 0 Å². The molecule has 2 aromatic carbocycles. The lowest BCUT2D eigenvalue weighted by Gasteiger charge is -2.16. The second-order valence-corrected chi connectivity index (χ2v) is 5.59. The number of methoxy groups -OCH3 is 2. The van der Waals surface area contributed by atoms with E-state index in [1.165, 1.54) is 7.11 Å². The average molecular weight is 343 g/mol. The van der Waals surface area contributed by atoms with Gasteiger partial charge in [-0.2, -0.15) is 0 Å². The zero-order valence-electron chi connectivity index (χ0n) is 15.0. The molecule has 1 N–H and O–H groups in total. The second-order valence-electron chi connectivity index (χ2n) is 5.59. The monoisotopic (exact) mass is 343 g/mol. The Bertz CT molecular complexity index is 686. The van der Waals surface area contributed by atoms with Crippen LogP contribution < -0.4 is 14.8 Å². The Labute approximate surface area is 148 Å². The lowest BCUT2D eigenvalue weighted by atomic mass is 10.1. The number of nitrogens with one attached hydrogen (secondary N) is 1. The standard InChI is InChI=1S/C20H25NO4/c1-4-5-11-21-17-13-19(25-14-15-9-7-6-8-10-15)18(23-2)12-16(17)20(22)24-3/h6-10,12-13,21H,4-5,11,14H2,1-3H3. The number of hydrogen-bond donors (Lipinski definition) is 1. The van der Waals surface area contributed by atoms with Crippen molar-refractivity contribution in [3.05, 3.63) is 53.6 Å². The third kappa shape index (κ3) is 5.14. The summed E-state index contributed by atoms with van der Waals surface area (Å²) in [5.41, 5.74) is 2.17. The largest absolute Gasteiger partial charge is 0.493 e. The maximum Gasteiger partial charge on any atom is 0.340 e. The zero-order valence-corrected chi connectivity index (χ0v) is 15.0. The minimum atomic E-state index is -0.410. The van der Waals surface area contributed by atoms with Crippen LogP contribution in [0.15, 0.2) is 42.5 Å². The van der Waals surface area contributed by atoms with Crippen molar-refractivity contribution in [2.75, 3.05) is 26.1 Å². The van der Waals surface area contributed by atoms with E-state index in [1.54, 1.807) is 19.2 Å². The summed E-state index contributed by atoms with van der Waals surface area (Å²) in [5, 5.41) is 3.28. The summed E-state index contributed by atoms with van der Waals surface area (Å²) in [7, 11) is 2.92. The van der Waals surface area contributed by atoms with E-state index in [1.807, 2.05) is 30.3 Å². The number of carbonyl (C=O) groups excluding carboxylic acids is 1. The van der Waals surface area contributed by atoms with Gasteiger partial charge in [-0.05, 0) is 12.0 Å². The molecule has 0 aliphatic heterocycles. The number of unbranched alkanes of at least 4 members (excludes halogenated alkanes) is 1. The molecule has 0 amide bonds. The Morgan fingerprint density at radius 3 is 2.48 bits per heavy atom. The molecule has 0 bridgehead atoms. The summed E-state index contributed by atoms with van der Waals surface area (Å²) in [6, 6.07) is 13.3. The second kappa shape index (κ2) is 9.57. The Hall–Kier alpha value is -2.69. The van der Waals surface area contributed by atoms with E-state index in [0.29, 0.717) is 29.4 Å². The fourth-order valence-electron chi connectivity index (χ4n) is 2.39. The highest BCUT2D eigenvalue weighted by Crippen LogP contribution is 2.34. The maximum absolute atomic E-state index is 12.1. The molecular formula is C20H25NO4. The van der Waals surface area contributed by atoms with E-state index in [9.17, 15) is 4.79 Å². The fourth-order valence-corrected chi connectivity index (χ4v) is 2.39. The van der Waals surface area contributed by atoms with E-state index in [-0.39, 0.29) is 0 Å². The van der Waals surface area contributed by atoms with Gasteiger partial charge in [0, 0.05) is 18.7 Å². The Morgan fingerprint density at radius 1 is 1.08 bits per heavy atom. The van der Waals surface area contributed by atoms with Crippen LogP contribution in [0, 0.1) is 0 Å². The van der Waals surface area contributed by atoms with Gasteiger partial charge in [0.2, 0.25) is 0 Å². The molecule has 2 rings (SSSR count). The van der Waals surface area contributed by atoms with E-state index in [4.69, 9.17) is 14.2 Å². The third-order valence-electron chi connectivity index (χ3n) is 3.79. The molecule has 0 saturated heterocycles. The molecule has 0 radical (unpaired) electrons. The van der Waals surface area contributed by atoms with Gasteiger partial charge in [0.25, 0.3) is 0 Å². The van der Waals surface area contributed by atoms with Gasteiger partial charge >= 0.3 is 5.97 Å². The molecule has 5 nitrogen and oxygen atoms in total. The molecule has 0 heterocycles. The summed E-state index contributed by atoms with van der Waals surface area (Å²) in [6.45, 7) is 3.30. The fraction of sp³-hybridized carbons (Fsp3) is 0.350. The van der Waals surface area contributed by atoms with Gasteiger partial charge < -0.3 is 19.5 Å². The number of rotatable bonds is 9. The van der Waals surface area contributed by atoms with Crippen molar-refractivity contribution in [3.8, 4) is 11.5 Å². The van der Waals surface area contributed by atoms with Crippen LogP contribution in [0.25, 0.3) is 0 Å². The summed E-state index contributed by atoms with van der Waals surface area (Å²) in [5.74, 6) is 0.669. The summed E-state index contributed by atoms with van der Waals surface area (Å²) in [4.78, 5) is 12.1. The van der Waals surface area contributed by atoms with Crippen LogP contribution in [0.4, 0.5) is 5.69 Å². The molecule has 0 aromatic heterocycles. The highest BCUT2D eigenvalue weighted by Gasteiger charge is 2.17. The first-order valence-electron chi connectivity index (χ1n) is 8.40. The van der Waals surface area contributed by atoms with Crippen molar-refractivity contribution in [2.45, 2.75) is 26.4 Å². The first kappa shape index (κ1) is 18.6. The number of carbonyl (C=O) groups is 1. The quantitative estimate of drug-likeness (QED) is 0.544. The highest BCUT2D eigenvalue weighted by atomic mass is 16.5. The lowest BCUT2D eigenvalue weighted by molar-refractivity contribution is 0.0601. The topological polar surface area (TPSA) is 56.8 Å². The molecule has 2 aromatic rings. The van der Waals surface area contributed by atoms with Crippen LogP contribution in [0.5, 0.6) is 11.5 Å². The number of esters is 1. The lowest BCUT2D eigenvalue weighted by Crippen LogP contribution is -2.10. The molecule has 0 spiro atoms. The van der Waals surface area contributed by atoms with Crippen molar-refractivity contribution in [1.29, 1.82) is 0 Å². The predicted octanol–water partition coefficient (Wildman–Crippen LogP) is 4.27. The van der Waals surface area contributed by atoms with E-state index in [0.717, 1.165) is 24.9 Å². The minimum Gasteiger partial charge on any atom is -0.493 e. The summed E-state index contributed by atoms with van der Waals surface area (Å²) in [6.07, 6.45) is 2.07. The van der Waals surface area contributed by atoms with Gasteiger partial charge in [-0.25, -0.2) is 4.79 Å². The van der Waals surface area contributed by atoms with Crippen LogP contribution in [0.1, 0.15) is 35.7 Å². The number of hydrogen-bond acceptors (Lipinski definition) is 5. The van der Waals surface area contributed by atoms with Crippen molar-refractivity contribution in [2.24, 2.45) is 0 Å². The van der Waals surface area contributed by atoms with E-state index < -0.39 is 5.97 Å². The Balaban J connectivity index is 2.27. The number of anilines is 1. The minimum absolute atomic E-state index is 0.410. The van der Waals surface area contributed by atoms with Crippen molar-refractivity contribution >= 4 is 11.7 Å². The van der Waals surface area contributed by atoms with Crippen LogP contribution in [-0.4, -0.2) is 26.7 Å². The highest BCUT2D eigenvalue weighted by molar-refractivity contribution is 5.96. The number of ether oxygens (including phenoxy) is 3. The molecule has 0 fully saturated rings. The van der Waals surface area contributed by atoms with Gasteiger partial charge in [-0.3, -0.25) is 0 Å². The normalized spacial score (nSPS) is 10.2. The van der Waals surface area contributed by atoms with Gasteiger partial charge in [-0.15, -0.1) is 0 Å². The van der Waals surface area contributed by atoms with Gasteiger partial charge in [0.15, 0.2) is 11.5 Å². The van der Waals surface area contributed by atoms with Crippen LogP contribution in [0.2, 0.25) is 0 Å². The van der Waals surface area contributed by atoms with Gasteiger partial charge in [0.1, 0.15) is 6.61 Å². The maximum atomic E-state index is 12.1. The molecule has 0 saturated carbocycles. The molecule has 25 heavy (non-hydrogen) atoms. The summed E-state index contributed by atoms with van der Waals surface area (Å²) < 4.78 is 16.2. The average Bonchev–Trinajstić information content (AvgIpc) is 2.66. The first-order chi connectivity index (χ1) is 12.2. The predicted molar refractivity (Wildman–Crippen MR) is 98.5 cm³/mol. The van der Waals surface area contributed by atoms with Crippen molar-refractivity contribution in [3.63, 3.8) is 0 Å². The molecular weight excluding hydrogens is 318 g/mol. The van der Waals surface area contributed by atoms with E-state index in [2.05, 4.69) is 12.2 Å². The van der Waals surface area contributed by atoms with Crippen LogP contribution in [-0.2, 0) is 11.3 Å². The first-order valence-corrected chi connectivity index (χ1v) is 8.40.